The Kier molecular flexibility index (Phi) is 6.96. The zero-order chi connectivity index (χ0) is 25.4. The molecule has 0 atom stereocenters. The lowest BCUT2D eigenvalue weighted by atomic mass is 9.96. The van der Waals surface area contributed by atoms with Gasteiger partial charge in [0, 0.05) is 29.8 Å². The molecule has 1 fully saturated rings. The summed E-state index contributed by atoms with van der Waals surface area (Å²) in [6, 6.07) is 4.85. The molecule has 1 saturated heterocycles. The van der Waals surface area contributed by atoms with Crippen LogP contribution in [-0.4, -0.2) is 45.0 Å². The highest BCUT2D eigenvalue weighted by molar-refractivity contribution is 7.15. The summed E-state index contributed by atoms with van der Waals surface area (Å²) in [6.07, 6.45) is -3.48. The second-order valence-electron chi connectivity index (χ2n) is 9.30. The number of nitrogens with zero attached hydrogens (tertiary/aromatic N) is 4. The van der Waals surface area contributed by atoms with E-state index in [2.05, 4.69) is 20.5 Å². The van der Waals surface area contributed by atoms with E-state index in [1.807, 2.05) is 20.8 Å². The normalized spacial score (nSPS) is 15.3. The number of alkyl halides is 3. The molecule has 0 radical (unpaired) electrons. The van der Waals surface area contributed by atoms with Gasteiger partial charge < -0.3 is 4.90 Å². The third-order valence-corrected chi connectivity index (χ3v) is 7.91. The van der Waals surface area contributed by atoms with Gasteiger partial charge in [0.05, 0.1) is 16.1 Å². The van der Waals surface area contributed by atoms with Crippen LogP contribution in [0.4, 0.5) is 18.3 Å². The zero-order valence-corrected chi connectivity index (χ0v) is 21.0. The molecule has 0 aliphatic carbocycles. The number of benzene rings is 1. The molecule has 7 nitrogen and oxygen atoms in total. The summed E-state index contributed by atoms with van der Waals surface area (Å²) in [5.41, 5.74) is -1.15. The highest BCUT2D eigenvalue weighted by Crippen LogP contribution is 2.35. The minimum atomic E-state index is -4.59. The number of piperidine rings is 1. The van der Waals surface area contributed by atoms with Crippen LogP contribution in [0.25, 0.3) is 0 Å². The maximum absolute atomic E-state index is 13.3. The number of halogens is 3. The summed E-state index contributed by atoms with van der Waals surface area (Å²) in [7, 11) is 0. The average molecular weight is 524 g/mol. The quantitative estimate of drug-likeness (QED) is 0.482. The molecule has 3 heterocycles. The van der Waals surface area contributed by atoms with Gasteiger partial charge in [-0.1, -0.05) is 44.2 Å². The van der Waals surface area contributed by atoms with E-state index in [0.29, 0.717) is 31.1 Å². The van der Waals surface area contributed by atoms with Crippen molar-refractivity contribution in [3.63, 3.8) is 0 Å². The predicted octanol–water partition coefficient (Wildman–Crippen LogP) is 5.58. The molecule has 186 valence electrons. The number of amides is 2. The molecular weight excluding hydrogens is 499 g/mol. The smallest absolute Gasteiger partial charge is 0.339 e. The van der Waals surface area contributed by atoms with Crippen molar-refractivity contribution in [2.75, 3.05) is 18.4 Å². The standard InChI is InChI=1S/C23H24F3N5O2S2/c1-22(2,3)20-29-30-21(35-20)28-17(32)16-12-34-18(27-16)13-8-10-31(11-9-13)19(33)14-6-4-5-7-15(14)23(24,25)26/h4-7,12-13H,8-11H2,1-3H3,(H,28,30,32). The zero-order valence-electron chi connectivity index (χ0n) is 19.3. The predicted molar refractivity (Wildman–Crippen MR) is 128 cm³/mol. The number of likely N-dealkylation sites (tertiary alicyclic amines) is 1. The first-order chi connectivity index (χ1) is 16.4. The highest BCUT2D eigenvalue weighted by atomic mass is 32.1. The maximum Gasteiger partial charge on any atom is 0.417 e. The van der Waals surface area contributed by atoms with E-state index in [4.69, 9.17) is 0 Å². The van der Waals surface area contributed by atoms with E-state index in [9.17, 15) is 22.8 Å². The number of hydrogen-bond acceptors (Lipinski definition) is 7. The van der Waals surface area contributed by atoms with Crippen molar-refractivity contribution in [1.82, 2.24) is 20.1 Å². The van der Waals surface area contributed by atoms with Gasteiger partial charge in [0.15, 0.2) is 0 Å². The molecule has 2 aromatic heterocycles. The average Bonchev–Trinajstić information content (AvgIpc) is 3.48. The van der Waals surface area contributed by atoms with Crippen molar-refractivity contribution in [3.05, 3.63) is 56.5 Å². The molecule has 0 spiro atoms. The van der Waals surface area contributed by atoms with Gasteiger partial charge in [0.25, 0.3) is 11.8 Å². The molecule has 4 rings (SSSR count). The Morgan fingerprint density at radius 2 is 1.77 bits per heavy atom. The van der Waals surface area contributed by atoms with Crippen molar-refractivity contribution in [3.8, 4) is 0 Å². The minimum absolute atomic E-state index is 0.0254. The fourth-order valence-electron chi connectivity index (χ4n) is 3.73. The van der Waals surface area contributed by atoms with Crippen molar-refractivity contribution in [1.29, 1.82) is 0 Å². The molecule has 0 saturated carbocycles. The Balaban J connectivity index is 1.37. The Hall–Kier alpha value is -2.86. The lowest BCUT2D eigenvalue weighted by molar-refractivity contribution is -0.138. The van der Waals surface area contributed by atoms with Crippen LogP contribution in [0.5, 0.6) is 0 Å². The Labute approximate surface area is 208 Å². The van der Waals surface area contributed by atoms with Crippen molar-refractivity contribution in [2.24, 2.45) is 0 Å². The molecule has 1 N–H and O–H groups in total. The molecule has 3 aromatic rings. The lowest BCUT2D eigenvalue weighted by Gasteiger charge is -2.31. The van der Waals surface area contributed by atoms with E-state index >= 15 is 0 Å². The lowest BCUT2D eigenvalue weighted by Crippen LogP contribution is -2.38. The Bertz CT molecular complexity index is 1220. The first kappa shape index (κ1) is 25.2. The fourth-order valence-corrected chi connectivity index (χ4v) is 5.50. The van der Waals surface area contributed by atoms with Crippen LogP contribution < -0.4 is 5.32 Å². The minimum Gasteiger partial charge on any atom is -0.339 e. The van der Waals surface area contributed by atoms with E-state index < -0.39 is 17.6 Å². The summed E-state index contributed by atoms with van der Waals surface area (Å²) in [6.45, 7) is 6.67. The summed E-state index contributed by atoms with van der Waals surface area (Å²) in [4.78, 5) is 31.3. The molecule has 2 amide bonds. The van der Waals surface area contributed by atoms with E-state index in [1.165, 1.54) is 45.8 Å². The second kappa shape index (κ2) is 9.65. The first-order valence-electron chi connectivity index (χ1n) is 11.0. The van der Waals surface area contributed by atoms with Crippen LogP contribution in [0.15, 0.2) is 29.6 Å². The van der Waals surface area contributed by atoms with Gasteiger partial charge in [-0.15, -0.1) is 21.5 Å². The number of aromatic nitrogens is 3. The van der Waals surface area contributed by atoms with Gasteiger partial charge >= 0.3 is 6.18 Å². The number of nitrogens with one attached hydrogen (secondary N) is 1. The summed E-state index contributed by atoms with van der Waals surface area (Å²) in [5.74, 6) is -0.972. The first-order valence-corrected chi connectivity index (χ1v) is 12.7. The van der Waals surface area contributed by atoms with Crippen LogP contribution in [-0.2, 0) is 11.6 Å². The number of carbonyl (C=O) groups excluding carboxylic acids is 2. The van der Waals surface area contributed by atoms with Gasteiger partial charge in [0.1, 0.15) is 10.7 Å². The molecule has 1 aliphatic rings. The van der Waals surface area contributed by atoms with Crippen molar-refractivity contribution in [2.45, 2.75) is 51.1 Å². The van der Waals surface area contributed by atoms with Gasteiger partial charge in [-0.2, -0.15) is 13.2 Å². The molecular formula is C23H24F3N5O2S2. The molecule has 1 aliphatic heterocycles. The van der Waals surface area contributed by atoms with Gasteiger partial charge in [-0.3, -0.25) is 14.9 Å². The summed E-state index contributed by atoms with van der Waals surface area (Å²) in [5, 5.41) is 14.5. The number of hydrogen-bond donors (Lipinski definition) is 1. The van der Waals surface area contributed by atoms with Gasteiger partial charge in [0.2, 0.25) is 5.13 Å². The van der Waals surface area contributed by atoms with Crippen molar-refractivity contribution >= 4 is 39.6 Å². The number of thiazole rings is 1. The van der Waals surface area contributed by atoms with Crippen LogP contribution in [0, 0.1) is 0 Å². The van der Waals surface area contributed by atoms with Gasteiger partial charge in [-0.25, -0.2) is 4.98 Å². The van der Waals surface area contributed by atoms with Crippen LogP contribution in [0.3, 0.4) is 0 Å². The highest BCUT2D eigenvalue weighted by Gasteiger charge is 2.36. The molecule has 0 bridgehead atoms. The Morgan fingerprint density at radius 1 is 1.09 bits per heavy atom. The maximum atomic E-state index is 13.3. The molecule has 1 aromatic carbocycles. The van der Waals surface area contributed by atoms with Crippen LogP contribution >= 0.6 is 22.7 Å². The fraction of sp³-hybridized carbons (Fsp3) is 0.435. The summed E-state index contributed by atoms with van der Waals surface area (Å²) < 4.78 is 39.9. The van der Waals surface area contributed by atoms with E-state index in [-0.39, 0.29) is 28.5 Å². The monoisotopic (exact) mass is 523 g/mol. The molecule has 35 heavy (non-hydrogen) atoms. The molecule has 0 unspecified atom stereocenters. The third kappa shape index (κ3) is 5.69. The Morgan fingerprint density at radius 3 is 2.40 bits per heavy atom. The molecule has 12 heteroatoms. The number of rotatable bonds is 4. The summed E-state index contributed by atoms with van der Waals surface area (Å²) >= 11 is 2.67. The topological polar surface area (TPSA) is 88.1 Å². The van der Waals surface area contributed by atoms with Gasteiger partial charge in [-0.05, 0) is 25.0 Å². The second-order valence-corrected chi connectivity index (χ2v) is 11.2. The number of carbonyl (C=O) groups is 2. The number of anilines is 1. The SMILES string of the molecule is CC(C)(C)c1nnc(NC(=O)c2csc(C3CCN(C(=O)c4ccccc4C(F)(F)F)CC3)n2)s1. The van der Waals surface area contributed by atoms with Crippen LogP contribution in [0.2, 0.25) is 0 Å². The largest absolute Gasteiger partial charge is 0.417 e. The van der Waals surface area contributed by atoms with Crippen molar-refractivity contribution < 1.29 is 22.8 Å². The third-order valence-electron chi connectivity index (χ3n) is 5.64. The van der Waals surface area contributed by atoms with Crippen LogP contribution in [0.1, 0.15) is 76.0 Å². The van der Waals surface area contributed by atoms with E-state index in [0.717, 1.165) is 16.1 Å². The van der Waals surface area contributed by atoms with E-state index in [1.54, 1.807) is 5.38 Å².